The molecule has 0 radical (unpaired) electrons. The molecule has 0 aliphatic heterocycles. The standard InChI is InChI=1S/C24H26N4O4/c1-24(2,3)32-23(31)28-20(12-15-14-26-18-10-6-4-8-16(15)18)21(13-25)27-19-11-7-5-9-17(19)22(29)30/h4-11,14,20-21,26-27H,12H2,1-3H3,(H,28,31)(H,29,30). The molecule has 166 valence electrons. The van der Waals surface area contributed by atoms with Crippen LogP contribution in [0.3, 0.4) is 0 Å². The number of rotatable bonds is 7. The topological polar surface area (TPSA) is 127 Å². The van der Waals surface area contributed by atoms with Gasteiger partial charge in [-0.15, -0.1) is 0 Å². The summed E-state index contributed by atoms with van der Waals surface area (Å²) in [5.41, 5.74) is 1.48. The van der Waals surface area contributed by atoms with Crippen LogP contribution < -0.4 is 10.6 Å². The van der Waals surface area contributed by atoms with Gasteiger partial charge in [0.15, 0.2) is 0 Å². The van der Waals surface area contributed by atoms with Crippen molar-refractivity contribution >= 4 is 28.7 Å². The van der Waals surface area contributed by atoms with Crippen LogP contribution in [-0.4, -0.2) is 39.8 Å². The summed E-state index contributed by atoms with van der Waals surface area (Å²) in [4.78, 5) is 27.3. The van der Waals surface area contributed by atoms with E-state index in [1.165, 1.54) is 6.07 Å². The minimum Gasteiger partial charge on any atom is -0.478 e. The molecule has 2 aromatic carbocycles. The van der Waals surface area contributed by atoms with E-state index in [1.54, 1.807) is 39.0 Å². The van der Waals surface area contributed by atoms with Gasteiger partial charge in [0.1, 0.15) is 11.6 Å². The fourth-order valence-electron chi connectivity index (χ4n) is 3.43. The quantitative estimate of drug-likeness (QED) is 0.439. The van der Waals surface area contributed by atoms with Gasteiger partial charge < -0.3 is 25.5 Å². The Labute approximate surface area is 186 Å². The highest BCUT2D eigenvalue weighted by molar-refractivity contribution is 5.94. The van der Waals surface area contributed by atoms with Crippen molar-refractivity contribution < 1.29 is 19.4 Å². The van der Waals surface area contributed by atoms with E-state index < -0.39 is 29.7 Å². The summed E-state index contributed by atoms with van der Waals surface area (Å²) >= 11 is 0. The molecule has 0 spiro atoms. The molecule has 2 unspecified atom stereocenters. The summed E-state index contributed by atoms with van der Waals surface area (Å²) in [7, 11) is 0. The highest BCUT2D eigenvalue weighted by Gasteiger charge is 2.28. The van der Waals surface area contributed by atoms with Crippen LogP contribution in [0.4, 0.5) is 10.5 Å². The summed E-state index contributed by atoms with van der Waals surface area (Å²) in [6, 6.07) is 14.6. The Morgan fingerprint density at radius 3 is 2.53 bits per heavy atom. The van der Waals surface area contributed by atoms with Crippen LogP contribution in [0.5, 0.6) is 0 Å². The number of nitriles is 1. The summed E-state index contributed by atoms with van der Waals surface area (Å²) in [5, 5.41) is 26.1. The number of aromatic nitrogens is 1. The SMILES string of the molecule is CC(C)(C)OC(=O)NC(Cc1c[nH]c2ccccc12)C(C#N)Nc1ccccc1C(=O)O. The number of anilines is 1. The zero-order chi connectivity index (χ0) is 23.3. The second-order valence-corrected chi connectivity index (χ2v) is 8.42. The number of nitrogens with zero attached hydrogens (tertiary/aromatic N) is 1. The molecule has 8 heteroatoms. The van der Waals surface area contributed by atoms with E-state index in [2.05, 4.69) is 21.7 Å². The first-order valence-electron chi connectivity index (χ1n) is 10.2. The van der Waals surface area contributed by atoms with Crippen molar-refractivity contribution in [2.75, 3.05) is 5.32 Å². The van der Waals surface area contributed by atoms with Crippen LogP contribution >= 0.6 is 0 Å². The van der Waals surface area contributed by atoms with Gasteiger partial charge in [-0.3, -0.25) is 0 Å². The summed E-state index contributed by atoms with van der Waals surface area (Å²) in [5.74, 6) is -1.11. The summed E-state index contributed by atoms with van der Waals surface area (Å²) < 4.78 is 5.39. The first kappa shape index (κ1) is 22.7. The van der Waals surface area contributed by atoms with Gasteiger partial charge in [0.2, 0.25) is 0 Å². The van der Waals surface area contributed by atoms with E-state index in [9.17, 15) is 20.0 Å². The Morgan fingerprint density at radius 1 is 1.16 bits per heavy atom. The average molecular weight is 434 g/mol. The molecule has 0 fully saturated rings. The maximum atomic E-state index is 12.5. The van der Waals surface area contributed by atoms with Crippen molar-refractivity contribution in [2.45, 2.75) is 44.9 Å². The van der Waals surface area contributed by atoms with Crippen molar-refractivity contribution in [1.82, 2.24) is 10.3 Å². The Morgan fingerprint density at radius 2 is 1.84 bits per heavy atom. The number of hydrogen-bond donors (Lipinski definition) is 4. The van der Waals surface area contributed by atoms with Crippen LogP contribution in [-0.2, 0) is 11.2 Å². The third-order valence-corrected chi connectivity index (χ3v) is 4.83. The minimum absolute atomic E-state index is 0.0378. The lowest BCUT2D eigenvalue weighted by Crippen LogP contribution is -2.49. The number of hydrogen-bond acceptors (Lipinski definition) is 5. The van der Waals surface area contributed by atoms with Crippen molar-refractivity contribution in [3.63, 3.8) is 0 Å². The van der Waals surface area contributed by atoms with Gasteiger partial charge in [-0.1, -0.05) is 30.3 Å². The molecule has 2 atom stereocenters. The van der Waals surface area contributed by atoms with E-state index in [0.29, 0.717) is 12.1 Å². The van der Waals surface area contributed by atoms with E-state index in [1.807, 2.05) is 30.5 Å². The molecule has 1 aromatic heterocycles. The van der Waals surface area contributed by atoms with Gasteiger partial charge in [-0.05, 0) is 51.0 Å². The summed E-state index contributed by atoms with van der Waals surface area (Å²) in [6.07, 6.45) is 1.51. The number of amides is 1. The number of carbonyl (C=O) groups is 2. The smallest absolute Gasteiger partial charge is 0.407 e. The van der Waals surface area contributed by atoms with Crippen LogP contribution in [0, 0.1) is 11.3 Å². The van der Waals surface area contributed by atoms with E-state index in [-0.39, 0.29) is 5.56 Å². The molecule has 4 N–H and O–H groups in total. The minimum atomic E-state index is -1.11. The molecular formula is C24H26N4O4. The zero-order valence-electron chi connectivity index (χ0n) is 18.2. The Kier molecular flexibility index (Phi) is 6.69. The first-order chi connectivity index (χ1) is 15.2. The Hall–Kier alpha value is -3.99. The number of alkyl carbamates (subject to hydrolysis) is 1. The van der Waals surface area contributed by atoms with E-state index >= 15 is 0 Å². The number of ether oxygens (including phenoxy) is 1. The number of aromatic amines is 1. The molecule has 0 saturated heterocycles. The lowest BCUT2D eigenvalue weighted by atomic mass is 9.99. The van der Waals surface area contributed by atoms with Gasteiger partial charge >= 0.3 is 12.1 Å². The fourth-order valence-corrected chi connectivity index (χ4v) is 3.43. The maximum Gasteiger partial charge on any atom is 0.407 e. The predicted molar refractivity (Wildman–Crippen MR) is 122 cm³/mol. The van der Waals surface area contributed by atoms with Crippen molar-refractivity contribution in [2.24, 2.45) is 0 Å². The number of para-hydroxylation sites is 2. The molecule has 3 rings (SSSR count). The number of nitrogens with one attached hydrogen (secondary N) is 3. The number of aromatic carboxylic acids is 1. The van der Waals surface area contributed by atoms with Gasteiger partial charge in [0, 0.05) is 22.8 Å². The van der Waals surface area contributed by atoms with Gasteiger partial charge in [0.05, 0.1) is 17.7 Å². The van der Waals surface area contributed by atoms with Crippen molar-refractivity contribution in [3.05, 3.63) is 65.9 Å². The molecule has 0 bridgehead atoms. The number of fused-ring (bicyclic) bond motifs is 1. The second kappa shape index (κ2) is 9.43. The molecule has 1 amide bonds. The number of benzene rings is 2. The molecule has 0 saturated carbocycles. The monoisotopic (exact) mass is 434 g/mol. The van der Waals surface area contributed by atoms with E-state index in [0.717, 1.165) is 16.5 Å². The normalized spacial score (nSPS) is 13.1. The highest BCUT2D eigenvalue weighted by Crippen LogP contribution is 2.22. The molecule has 3 aromatic rings. The lowest BCUT2D eigenvalue weighted by Gasteiger charge is -2.27. The molecule has 1 heterocycles. The number of carboxylic acids is 1. The largest absolute Gasteiger partial charge is 0.478 e. The third kappa shape index (κ3) is 5.58. The molecule has 0 aliphatic rings. The Bertz CT molecular complexity index is 1160. The maximum absolute atomic E-state index is 12.5. The molecular weight excluding hydrogens is 408 g/mol. The predicted octanol–water partition coefficient (Wildman–Crippen LogP) is 4.31. The number of carboxylic acid groups (broad SMARTS) is 1. The van der Waals surface area contributed by atoms with Crippen LogP contribution in [0.25, 0.3) is 10.9 Å². The molecule has 0 aliphatic carbocycles. The van der Waals surface area contributed by atoms with Gasteiger partial charge in [-0.25, -0.2) is 9.59 Å². The Balaban J connectivity index is 1.92. The van der Waals surface area contributed by atoms with E-state index in [4.69, 9.17) is 4.74 Å². The third-order valence-electron chi connectivity index (χ3n) is 4.83. The second-order valence-electron chi connectivity index (χ2n) is 8.42. The molecule has 8 nitrogen and oxygen atoms in total. The zero-order valence-corrected chi connectivity index (χ0v) is 18.2. The number of carbonyl (C=O) groups excluding carboxylic acids is 1. The first-order valence-corrected chi connectivity index (χ1v) is 10.2. The summed E-state index contributed by atoms with van der Waals surface area (Å²) in [6.45, 7) is 5.26. The van der Waals surface area contributed by atoms with Crippen LogP contribution in [0.1, 0.15) is 36.7 Å². The highest BCUT2D eigenvalue weighted by atomic mass is 16.6. The van der Waals surface area contributed by atoms with Crippen molar-refractivity contribution in [1.29, 1.82) is 5.26 Å². The van der Waals surface area contributed by atoms with Gasteiger partial charge in [-0.2, -0.15) is 5.26 Å². The molecule has 32 heavy (non-hydrogen) atoms. The fraction of sp³-hybridized carbons (Fsp3) is 0.292. The van der Waals surface area contributed by atoms with Gasteiger partial charge in [0.25, 0.3) is 0 Å². The van der Waals surface area contributed by atoms with Crippen LogP contribution in [0.2, 0.25) is 0 Å². The lowest BCUT2D eigenvalue weighted by molar-refractivity contribution is 0.0501. The average Bonchev–Trinajstić information content (AvgIpc) is 3.13. The number of H-pyrrole nitrogens is 1. The van der Waals surface area contributed by atoms with Crippen LogP contribution in [0.15, 0.2) is 54.7 Å². The van der Waals surface area contributed by atoms with Crippen molar-refractivity contribution in [3.8, 4) is 6.07 Å².